The number of aromatic amines is 1. The Morgan fingerprint density at radius 2 is 1.87 bits per heavy atom. The molecule has 7 nitrogen and oxygen atoms in total. The number of piperidine rings is 2. The quantitative estimate of drug-likeness (QED) is 0.698. The number of nitrogens with one attached hydrogen (secondary N) is 2. The van der Waals surface area contributed by atoms with Crippen LogP contribution in [0.15, 0.2) is 23.1 Å². The van der Waals surface area contributed by atoms with E-state index in [0.717, 1.165) is 68.8 Å². The monoisotopic (exact) mass is 413 g/mol. The summed E-state index contributed by atoms with van der Waals surface area (Å²) in [6.07, 6.45) is 5.37. The van der Waals surface area contributed by atoms with Crippen molar-refractivity contribution in [2.75, 3.05) is 38.5 Å². The molecule has 0 amide bonds. The molecule has 3 N–H and O–H groups in total. The number of anilines is 1. The van der Waals surface area contributed by atoms with Crippen molar-refractivity contribution in [1.82, 2.24) is 19.8 Å². The minimum Gasteiger partial charge on any atom is -0.393 e. The molecule has 0 saturated carbocycles. The Morgan fingerprint density at radius 1 is 1.17 bits per heavy atom. The average molecular weight is 414 g/mol. The largest absolute Gasteiger partial charge is 0.393 e. The summed E-state index contributed by atoms with van der Waals surface area (Å²) in [6.45, 7) is 8.38. The maximum Gasteiger partial charge on any atom is 0.259 e. The van der Waals surface area contributed by atoms with Gasteiger partial charge in [0.1, 0.15) is 0 Å². The van der Waals surface area contributed by atoms with E-state index in [0.29, 0.717) is 17.3 Å². The highest BCUT2D eigenvalue weighted by Crippen LogP contribution is 2.31. The zero-order valence-corrected chi connectivity index (χ0v) is 18.4. The van der Waals surface area contributed by atoms with Gasteiger partial charge in [-0.15, -0.1) is 0 Å². The lowest BCUT2D eigenvalue weighted by Gasteiger charge is -2.38. The second-order valence-corrected chi connectivity index (χ2v) is 9.18. The number of likely N-dealkylation sites (tertiary alicyclic amines) is 2. The van der Waals surface area contributed by atoms with Gasteiger partial charge in [0.25, 0.3) is 5.56 Å². The first kappa shape index (κ1) is 21.3. The van der Waals surface area contributed by atoms with Crippen LogP contribution < -0.4 is 10.9 Å². The molecule has 164 valence electrons. The predicted octanol–water partition coefficient (Wildman–Crippen LogP) is 2.38. The molecule has 2 aromatic rings. The number of H-pyrrole nitrogens is 1. The van der Waals surface area contributed by atoms with Crippen LogP contribution in [0.2, 0.25) is 0 Å². The van der Waals surface area contributed by atoms with Gasteiger partial charge in [-0.3, -0.25) is 14.7 Å². The van der Waals surface area contributed by atoms with Crippen LogP contribution >= 0.6 is 0 Å². The summed E-state index contributed by atoms with van der Waals surface area (Å²) in [4.78, 5) is 25.1. The zero-order chi connectivity index (χ0) is 21.3. The minimum absolute atomic E-state index is 0.0987. The highest BCUT2D eigenvalue weighted by Gasteiger charge is 2.26. The van der Waals surface area contributed by atoms with Crippen molar-refractivity contribution in [3.05, 3.63) is 34.4 Å². The summed E-state index contributed by atoms with van der Waals surface area (Å²) in [5.74, 6) is 0.432. The maximum atomic E-state index is 12.6. The number of pyridine rings is 2. The Bertz CT molecular complexity index is 913. The fourth-order valence-corrected chi connectivity index (χ4v) is 4.82. The van der Waals surface area contributed by atoms with Crippen LogP contribution in [0.25, 0.3) is 10.9 Å². The molecule has 0 aliphatic carbocycles. The lowest BCUT2D eigenvalue weighted by atomic mass is 9.92. The minimum atomic E-state index is -0.170. The topological polar surface area (TPSA) is 84.5 Å². The molecule has 4 rings (SSSR count). The van der Waals surface area contributed by atoms with Gasteiger partial charge >= 0.3 is 0 Å². The molecule has 2 atom stereocenters. The third-order valence-electron chi connectivity index (χ3n) is 7.07. The van der Waals surface area contributed by atoms with E-state index >= 15 is 0 Å². The van der Waals surface area contributed by atoms with E-state index in [2.05, 4.69) is 47.1 Å². The predicted molar refractivity (Wildman–Crippen MR) is 121 cm³/mol. The summed E-state index contributed by atoms with van der Waals surface area (Å²) in [5.41, 5.74) is 2.63. The van der Waals surface area contributed by atoms with Gasteiger partial charge in [0.05, 0.1) is 22.7 Å². The van der Waals surface area contributed by atoms with Crippen LogP contribution in [0.4, 0.5) is 5.69 Å². The second kappa shape index (κ2) is 9.04. The van der Waals surface area contributed by atoms with Crippen molar-refractivity contribution in [1.29, 1.82) is 0 Å². The third kappa shape index (κ3) is 4.53. The van der Waals surface area contributed by atoms with E-state index in [1.807, 2.05) is 6.07 Å². The molecule has 1 unspecified atom stereocenters. The van der Waals surface area contributed by atoms with Crippen molar-refractivity contribution >= 4 is 16.6 Å². The summed E-state index contributed by atoms with van der Waals surface area (Å²) in [6, 6.07) is 4.48. The SMILES string of the molecule is CC(Nc1cc(C2CCN(C)CC2)nc2cc[nH]c(=O)c12)[C@H](C)N1CCC(O)CC1. The highest BCUT2D eigenvalue weighted by molar-refractivity contribution is 5.90. The molecule has 0 radical (unpaired) electrons. The first-order chi connectivity index (χ1) is 14.4. The number of hydrogen-bond donors (Lipinski definition) is 3. The Balaban J connectivity index is 1.60. The number of aliphatic hydroxyl groups is 1. The van der Waals surface area contributed by atoms with Gasteiger partial charge in [-0.25, -0.2) is 0 Å². The molecule has 2 aliphatic heterocycles. The van der Waals surface area contributed by atoms with E-state index < -0.39 is 0 Å². The summed E-state index contributed by atoms with van der Waals surface area (Å²) in [7, 11) is 2.17. The van der Waals surface area contributed by atoms with Crippen LogP contribution in [0.5, 0.6) is 0 Å². The van der Waals surface area contributed by atoms with E-state index in [1.54, 1.807) is 6.20 Å². The Kier molecular flexibility index (Phi) is 6.41. The van der Waals surface area contributed by atoms with E-state index in [-0.39, 0.29) is 17.7 Å². The molecule has 4 heterocycles. The number of fused-ring (bicyclic) bond motifs is 1. The molecule has 2 saturated heterocycles. The molecule has 7 heteroatoms. The molecule has 0 aromatic carbocycles. The van der Waals surface area contributed by atoms with Gasteiger partial charge in [0.15, 0.2) is 0 Å². The van der Waals surface area contributed by atoms with Crippen molar-refractivity contribution in [2.45, 2.75) is 63.6 Å². The number of rotatable bonds is 5. The molecule has 2 aromatic heterocycles. The molecule has 2 fully saturated rings. The highest BCUT2D eigenvalue weighted by atomic mass is 16.3. The standard InChI is InChI=1S/C23H35N5O2/c1-15(16(2)28-12-7-18(29)8-13-28)25-21-14-20(17-5-10-27(3)11-6-17)26-19-4-9-24-23(30)22(19)21/h4,9,14-18,29H,5-8,10-13H2,1-3H3,(H,24,30)(H,25,26)/t15?,16-/m0/s1. The molecule has 30 heavy (non-hydrogen) atoms. The van der Waals surface area contributed by atoms with Gasteiger partial charge in [0.2, 0.25) is 0 Å². The Hall–Kier alpha value is -1.96. The Morgan fingerprint density at radius 3 is 2.57 bits per heavy atom. The van der Waals surface area contributed by atoms with Crippen molar-refractivity contribution < 1.29 is 5.11 Å². The van der Waals surface area contributed by atoms with Crippen LogP contribution in [-0.2, 0) is 0 Å². The number of nitrogens with zero attached hydrogens (tertiary/aromatic N) is 3. The number of aliphatic hydroxyl groups excluding tert-OH is 1. The summed E-state index contributed by atoms with van der Waals surface area (Å²) in [5, 5.41) is 14.1. The van der Waals surface area contributed by atoms with Gasteiger partial charge in [-0.2, -0.15) is 0 Å². The first-order valence-corrected chi connectivity index (χ1v) is 11.3. The second-order valence-electron chi connectivity index (χ2n) is 9.18. The number of aromatic nitrogens is 2. The van der Waals surface area contributed by atoms with Crippen LogP contribution in [0.3, 0.4) is 0 Å². The first-order valence-electron chi connectivity index (χ1n) is 11.3. The zero-order valence-electron chi connectivity index (χ0n) is 18.4. The molecule has 0 bridgehead atoms. The van der Waals surface area contributed by atoms with Crippen molar-refractivity contribution in [2.24, 2.45) is 0 Å². The van der Waals surface area contributed by atoms with Gasteiger partial charge in [-0.1, -0.05) is 0 Å². The fourth-order valence-electron chi connectivity index (χ4n) is 4.82. The fraction of sp³-hybridized carbons (Fsp3) is 0.652. The smallest absolute Gasteiger partial charge is 0.259 e. The van der Waals surface area contributed by atoms with Gasteiger partial charge < -0.3 is 20.3 Å². The van der Waals surface area contributed by atoms with Gasteiger partial charge in [-0.05, 0) is 71.8 Å². The van der Waals surface area contributed by atoms with Crippen molar-refractivity contribution in [3.63, 3.8) is 0 Å². The van der Waals surface area contributed by atoms with E-state index in [1.165, 1.54) is 0 Å². The van der Waals surface area contributed by atoms with Crippen LogP contribution in [0.1, 0.15) is 51.1 Å². The Labute approximate surface area is 178 Å². The van der Waals surface area contributed by atoms with E-state index in [4.69, 9.17) is 4.98 Å². The van der Waals surface area contributed by atoms with Crippen LogP contribution in [0, 0.1) is 0 Å². The van der Waals surface area contributed by atoms with Gasteiger partial charge in [0, 0.05) is 43.0 Å². The average Bonchev–Trinajstić information content (AvgIpc) is 2.74. The van der Waals surface area contributed by atoms with Crippen LogP contribution in [-0.4, -0.2) is 76.3 Å². The molecule has 2 aliphatic rings. The van der Waals surface area contributed by atoms with Crippen molar-refractivity contribution in [3.8, 4) is 0 Å². The summed E-state index contributed by atoms with van der Waals surface area (Å²) < 4.78 is 0. The summed E-state index contributed by atoms with van der Waals surface area (Å²) >= 11 is 0. The molecular formula is C23H35N5O2. The molecule has 0 spiro atoms. The molecular weight excluding hydrogens is 378 g/mol. The third-order valence-corrected chi connectivity index (χ3v) is 7.07. The lowest BCUT2D eigenvalue weighted by molar-refractivity contribution is 0.0614. The normalized spacial score (nSPS) is 22.3. The lowest BCUT2D eigenvalue weighted by Crippen LogP contribution is -2.48. The number of hydrogen-bond acceptors (Lipinski definition) is 6. The van der Waals surface area contributed by atoms with E-state index in [9.17, 15) is 9.90 Å². The maximum absolute atomic E-state index is 12.6.